The first-order valence-corrected chi connectivity index (χ1v) is 9.34. The summed E-state index contributed by atoms with van der Waals surface area (Å²) in [4.78, 5) is 13.4. The van der Waals surface area contributed by atoms with Crippen LogP contribution in [-0.4, -0.2) is 34.3 Å². The molecule has 0 fully saturated rings. The van der Waals surface area contributed by atoms with Crippen molar-refractivity contribution < 1.29 is 9.53 Å². The average Bonchev–Trinajstić information content (AvgIpc) is 3.15. The largest absolute Gasteiger partial charge is 0.497 e. The van der Waals surface area contributed by atoms with Crippen LogP contribution in [0.15, 0.2) is 59.6 Å². The number of aromatic nitrogens is 3. The number of hydrogen-bond acceptors (Lipinski definition) is 5. The number of rotatable bonds is 7. The molecule has 0 saturated carbocycles. The lowest BCUT2D eigenvalue weighted by molar-refractivity contribution is 0.0946. The summed E-state index contributed by atoms with van der Waals surface area (Å²) in [5.74, 6) is 0.568. The number of nitrogens with one attached hydrogen (secondary N) is 1. The van der Waals surface area contributed by atoms with Crippen molar-refractivity contribution in [2.24, 2.45) is 0 Å². The Bertz CT molecular complexity index is 877. The van der Waals surface area contributed by atoms with Gasteiger partial charge in [0.1, 0.15) is 5.75 Å². The number of thioether (sulfide) groups is 1. The van der Waals surface area contributed by atoms with Gasteiger partial charge in [-0.15, -0.1) is 16.9 Å². The molecular weight excluding hydrogens is 348 g/mol. The lowest BCUT2D eigenvalue weighted by Gasteiger charge is -2.05. The Morgan fingerprint density at radius 2 is 2.00 bits per heavy atom. The summed E-state index contributed by atoms with van der Waals surface area (Å²) in [5.41, 5.74) is 2.41. The molecule has 0 aliphatic rings. The van der Waals surface area contributed by atoms with Crippen LogP contribution in [0.3, 0.4) is 0 Å². The summed E-state index contributed by atoms with van der Waals surface area (Å²) in [6, 6.07) is 15.8. The van der Waals surface area contributed by atoms with Gasteiger partial charge < -0.3 is 10.1 Å². The van der Waals surface area contributed by atoms with Crippen LogP contribution in [0.25, 0.3) is 0 Å². The van der Waals surface area contributed by atoms with E-state index in [9.17, 15) is 4.79 Å². The normalized spacial score (nSPS) is 10.5. The van der Waals surface area contributed by atoms with Crippen molar-refractivity contribution >= 4 is 17.7 Å². The number of carbonyl (C=O) groups excluding carboxylic acids is 1. The number of methoxy groups -OCH3 is 1. The van der Waals surface area contributed by atoms with E-state index in [4.69, 9.17) is 4.74 Å². The maximum atomic E-state index is 12.3. The summed E-state index contributed by atoms with van der Waals surface area (Å²) in [6.45, 7) is 0.999. The molecule has 0 aliphatic carbocycles. The molecule has 1 amide bonds. The first kappa shape index (κ1) is 18.0. The Morgan fingerprint density at radius 1 is 1.19 bits per heavy atom. The highest BCUT2D eigenvalue weighted by Crippen LogP contribution is 2.16. The van der Waals surface area contributed by atoms with E-state index in [1.165, 1.54) is 4.90 Å². The van der Waals surface area contributed by atoms with Gasteiger partial charge in [-0.1, -0.05) is 29.5 Å². The summed E-state index contributed by atoms with van der Waals surface area (Å²) in [6.07, 6.45) is 3.68. The Kier molecular flexibility index (Phi) is 5.91. The predicted molar refractivity (Wildman–Crippen MR) is 102 cm³/mol. The maximum absolute atomic E-state index is 12.3. The van der Waals surface area contributed by atoms with Gasteiger partial charge in [-0.3, -0.25) is 4.79 Å². The SMILES string of the molecule is COc1ccc(Cn2cc(C(=O)NCc3cccc(SC)c3)nn2)cc1. The van der Waals surface area contributed by atoms with Gasteiger partial charge in [0.2, 0.25) is 0 Å². The average molecular weight is 368 g/mol. The van der Waals surface area contributed by atoms with Crippen molar-refractivity contribution in [3.05, 3.63) is 71.5 Å². The summed E-state index contributed by atoms with van der Waals surface area (Å²) < 4.78 is 6.79. The molecule has 0 spiro atoms. The minimum absolute atomic E-state index is 0.236. The molecule has 0 atom stereocenters. The van der Waals surface area contributed by atoms with E-state index in [-0.39, 0.29) is 5.91 Å². The minimum atomic E-state index is -0.236. The zero-order chi connectivity index (χ0) is 18.4. The second-order valence-electron chi connectivity index (χ2n) is 5.68. The standard InChI is InChI=1S/C19H20N4O2S/c1-25-16-8-6-14(7-9-16)12-23-13-18(21-22-23)19(24)20-11-15-4-3-5-17(10-15)26-2/h3-10,13H,11-12H2,1-2H3,(H,20,24). The fourth-order valence-corrected chi connectivity index (χ4v) is 2.94. The van der Waals surface area contributed by atoms with Crippen molar-refractivity contribution in [3.63, 3.8) is 0 Å². The number of carbonyl (C=O) groups is 1. The first-order valence-electron chi connectivity index (χ1n) is 8.12. The number of amides is 1. The fourth-order valence-electron chi connectivity index (χ4n) is 2.45. The summed E-state index contributed by atoms with van der Waals surface area (Å²) >= 11 is 1.67. The predicted octanol–water partition coefficient (Wildman–Crippen LogP) is 2.99. The zero-order valence-electron chi connectivity index (χ0n) is 14.7. The highest BCUT2D eigenvalue weighted by Gasteiger charge is 2.11. The summed E-state index contributed by atoms with van der Waals surface area (Å²) in [7, 11) is 1.63. The van der Waals surface area contributed by atoms with Gasteiger partial charge in [0.15, 0.2) is 5.69 Å². The van der Waals surface area contributed by atoms with Gasteiger partial charge in [-0.2, -0.15) is 0 Å². The molecule has 1 aromatic heterocycles. The monoisotopic (exact) mass is 368 g/mol. The molecule has 26 heavy (non-hydrogen) atoms. The second kappa shape index (κ2) is 8.53. The molecule has 0 bridgehead atoms. The van der Waals surface area contributed by atoms with Crippen molar-refractivity contribution in [2.75, 3.05) is 13.4 Å². The van der Waals surface area contributed by atoms with Gasteiger partial charge in [-0.05, 0) is 41.6 Å². The molecule has 0 saturated heterocycles. The van der Waals surface area contributed by atoms with Crippen molar-refractivity contribution in [1.29, 1.82) is 0 Å². The quantitative estimate of drug-likeness (QED) is 0.649. The van der Waals surface area contributed by atoms with Gasteiger partial charge in [0, 0.05) is 11.4 Å². The van der Waals surface area contributed by atoms with Crippen molar-refractivity contribution in [1.82, 2.24) is 20.3 Å². The Labute approximate surface area is 156 Å². The number of benzene rings is 2. The van der Waals surface area contributed by atoms with Crippen LogP contribution in [0.2, 0.25) is 0 Å². The van der Waals surface area contributed by atoms with Crippen LogP contribution in [0.4, 0.5) is 0 Å². The maximum Gasteiger partial charge on any atom is 0.273 e. The van der Waals surface area contributed by atoms with E-state index < -0.39 is 0 Å². The van der Waals surface area contributed by atoms with E-state index in [0.29, 0.717) is 18.8 Å². The molecule has 6 nitrogen and oxygen atoms in total. The Morgan fingerprint density at radius 3 is 2.73 bits per heavy atom. The molecular formula is C19H20N4O2S. The topological polar surface area (TPSA) is 69.0 Å². The molecule has 1 N–H and O–H groups in total. The third-order valence-corrected chi connectivity index (χ3v) is 4.59. The van der Waals surface area contributed by atoms with Gasteiger partial charge in [0.25, 0.3) is 5.91 Å². The smallest absolute Gasteiger partial charge is 0.273 e. The number of nitrogens with zero attached hydrogens (tertiary/aromatic N) is 3. The van der Waals surface area contributed by atoms with Crippen LogP contribution in [0.5, 0.6) is 5.75 Å². The van der Waals surface area contributed by atoms with Crippen LogP contribution < -0.4 is 10.1 Å². The molecule has 134 valence electrons. The number of ether oxygens (including phenoxy) is 1. The highest BCUT2D eigenvalue weighted by molar-refractivity contribution is 7.98. The Balaban J connectivity index is 1.58. The minimum Gasteiger partial charge on any atom is -0.497 e. The van der Waals surface area contributed by atoms with E-state index >= 15 is 0 Å². The van der Waals surface area contributed by atoms with Gasteiger partial charge in [-0.25, -0.2) is 4.68 Å². The molecule has 0 unspecified atom stereocenters. The lowest BCUT2D eigenvalue weighted by atomic mass is 10.2. The third-order valence-electron chi connectivity index (χ3n) is 3.86. The van der Waals surface area contributed by atoms with Crippen LogP contribution in [0, 0.1) is 0 Å². The molecule has 0 aliphatic heterocycles. The highest BCUT2D eigenvalue weighted by atomic mass is 32.2. The van der Waals surface area contributed by atoms with E-state index in [2.05, 4.69) is 21.7 Å². The van der Waals surface area contributed by atoms with Crippen LogP contribution >= 0.6 is 11.8 Å². The van der Waals surface area contributed by atoms with Gasteiger partial charge in [0.05, 0.1) is 19.9 Å². The summed E-state index contributed by atoms with van der Waals surface area (Å²) in [5, 5.41) is 10.9. The van der Waals surface area contributed by atoms with Crippen LogP contribution in [-0.2, 0) is 13.1 Å². The van der Waals surface area contributed by atoms with Gasteiger partial charge >= 0.3 is 0 Å². The van der Waals surface area contributed by atoms with E-state index in [1.54, 1.807) is 29.8 Å². The third kappa shape index (κ3) is 4.64. The van der Waals surface area contributed by atoms with Crippen molar-refractivity contribution in [2.45, 2.75) is 18.0 Å². The molecule has 1 heterocycles. The Hall–Kier alpha value is -2.80. The van der Waals surface area contributed by atoms with E-state index in [1.807, 2.05) is 48.7 Å². The molecule has 3 aromatic rings. The number of hydrogen-bond donors (Lipinski definition) is 1. The fraction of sp³-hybridized carbons (Fsp3) is 0.211. The van der Waals surface area contributed by atoms with Crippen LogP contribution in [0.1, 0.15) is 21.6 Å². The molecule has 0 radical (unpaired) electrons. The van der Waals surface area contributed by atoms with Crippen molar-refractivity contribution in [3.8, 4) is 5.75 Å². The lowest BCUT2D eigenvalue weighted by Crippen LogP contribution is -2.23. The second-order valence-corrected chi connectivity index (χ2v) is 6.56. The molecule has 2 aromatic carbocycles. The van der Waals surface area contributed by atoms with E-state index in [0.717, 1.165) is 16.9 Å². The zero-order valence-corrected chi connectivity index (χ0v) is 15.5. The first-order chi connectivity index (χ1) is 12.7. The molecule has 3 rings (SSSR count). The molecule has 7 heteroatoms.